The highest BCUT2D eigenvalue weighted by Crippen LogP contribution is 2.41. The van der Waals surface area contributed by atoms with Crippen molar-refractivity contribution in [2.45, 2.75) is 45.2 Å². The predicted octanol–water partition coefficient (Wildman–Crippen LogP) is 3.63. The van der Waals surface area contributed by atoms with Crippen LogP contribution in [0.5, 0.6) is 11.5 Å². The molecule has 0 fully saturated rings. The van der Waals surface area contributed by atoms with Gasteiger partial charge in [0.2, 0.25) is 0 Å². The first-order valence-electron chi connectivity index (χ1n) is 7.11. The van der Waals surface area contributed by atoms with Gasteiger partial charge in [-0.1, -0.05) is 13.8 Å². The first kappa shape index (κ1) is 15.6. The number of benzene rings is 1. The van der Waals surface area contributed by atoms with Gasteiger partial charge in [-0.2, -0.15) is 0 Å². The fraction of sp³-hybridized carbons (Fsp3) is 0.562. The molecule has 116 valence electrons. The van der Waals surface area contributed by atoms with E-state index in [1.807, 2.05) is 0 Å². The molecule has 1 atom stereocenters. The van der Waals surface area contributed by atoms with Crippen LogP contribution in [0.3, 0.4) is 0 Å². The zero-order valence-corrected chi connectivity index (χ0v) is 12.6. The zero-order valence-electron chi connectivity index (χ0n) is 12.6. The van der Waals surface area contributed by atoms with Crippen molar-refractivity contribution < 1.29 is 23.8 Å². The van der Waals surface area contributed by atoms with E-state index in [0.29, 0.717) is 35.8 Å². The van der Waals surface area contributed by atoms with Gasteiger partial charge in [-0.05, 0) is 30.2 Å². The summed E-state index contributed by atoms with van der Waals surface area (Å²) in [5.41, 5.74) is 0.432. The fourth-order valence-electron chi connectivity index (χ4n) is 2.61. The third-order valence-electron chi connectivity index (χ3n) is 3.67. The monoisotopic (exact) mass is 296 g/mol. The van der Waals surface area contributed by atoms with Crippen LogP contribution >= 0.6 is 0 Å². The van der Waals surface area contributed by atoms with Crippen LogP contribution in [0.1, 0.15) is 50.9 Å². The van der Waals surface area contributed by atoms with Crippen molar-refractivity contribution in [3.05, 3.63) is 23.3 Å². The summed E-state index contributed by atoms with van der Waals surface area (Å²) >= 11 is 0. The summed E-state index contributed by atoms with van der Waals surface area (Å²) in [6.07, 6.45) is -0.514. The lowest BCUT2D eigenvalue weighted by molar-refractivity contribution is -0.138. The molecule has 0 aliphatic carbocycles. The first-order chi connectivity index (χ1) is 9.81. The van der Waals surface area contributed by atoms with Crippen molar-refractivity contribution >= 4 is 5.97 Å². The number of rotatable bonds is 4. The summed E-state index contributed by atoms with van der Waals surface area (Å²) in [6, 6.07) is 3.37. The second-order valence-corrected chi connectivity index (χ2v) is 6.01. The number of carbonyl (C=O) groups is 1. The van der Waals surface area contributed by atoms with Crippen LogP contribution in [-0.4, -0.2) is 24.3 Å². The minimum atomic E-state index is -1.20. The van der Waals surface area contributed by atoms with E-state index in [4.69, 9.17) is 14.6 Å². The highest BCUT2D eigenvalue weighted by molar-refractivity contribution is 5.69. The number of hydrogen-bond acceptors (Lipinski definition) is 3. The molecule has 0 saturated carbocycles. The van der Waals surface area contributed by atoms with Crippen LogP contribution in [0.4, 0.5) is 4.39 Å². The van der Waals surface area contributed by atoms with Crippen molar-refractivity contribution in [2.75, 3.05) is 13.2 Å². The fourth-order valence-corrected chi connectivity index (χ4v) is 2.61. The Morgan fingerprint density at radius 2 is 1.90 bits per heavy atom. The molecule has 1 aliphatic heterocycles. The number of ether oxygens (including phenoxy) is 2. The second kappa shape index (κ2) is 5.92. The molecule has 1 unspecified atom stereocenters. The molecule has 0 spiro atoms. The van der Waals surface area contributed by atoms with E-state index in [0.717, 1.165) is 6.42 Å². The molecule has 0 aromatic heterocycles. The summed E-state index contributed by atoms with van der Waals surface area (Å²) in [6.45, 7) is 6.11. The molecule has 1 aromatic rings. The maximum Gasteiger partial charge on any atom is 0.304 e. The molecule has 2 rings (SSSR count). The third-order valence-corrected chi connectivity index (χ3v) is 3.67. The Morgan fingerprint density at radius 3 is 2.43 bits per heavy atom. The molecule has 0 bridgehead atoms. The topological polar surface area (TPSA) is 55.8 Å². The standard InChI is InChI=1S/C16H21FO4/c1-10(17)11-7-13-14(21-6-4-5-20-13)8-12(11)16(2,3)9-15(18)19/h7-8,10H,4-6,9H2,1-3H3,(H,18,19). The van der Waals surface area contributed by atoms with Gasteiger partial charge in [0.1, 0.15) is 6.17 Å². The summed E-state index contributed by atoms with van der Waals surface area (Å²) in [4.78, 5) is 11.1. The number of halogens is 1. The van der Waals surface area contributed by atoms with Crippen LogP contribution in [-0.2, 0) is 10.2 Å². The number of carboxylic acid groups (broad SMARTS) is 1. The van der Waals surface area contributed by atoms with Crippen molar-refractivity contribution in [2.24, 2.45) is 0 Å². The number of hydrogen-bond donors (Lipinski definition) is 1. The van der Waals surface area contributed by atoms with E-state index in [1.54, 1.807) is 26.0 Å². The average molecular weight is 296 g/mol. The van der Waals surface area contributed by atoms with Crippen molar-refractivity contribution in [3.8, 4) is 11.5 Å². The molecule has 5 heteroatoms. The Labute approximate surface area is 123 Å². The van der Waals surface area contributed by atoms with E-state index in [2.05, 4.69) is 0 Å². The van der Waals surface area contributed by atoms with Gasteiger partial charge in [0.05, 0.1) is 19.6 Å². The Morgan fingerprint density at radius 1 is 1.33 bits per heavy atom. The van der Waals surface area contributed by atoms with Crippen LogP contribution in [0, 0.1) is 0 Å². The SMILES string of the molecule is CC(F)c1cc2c(cc1C(C)(C)CC(=O)O)OCCCO2. The molecular formula is C16H21FO4. The summed E-state index contributed by atoms with van der Waals surface area (Å²) < 4.78 is 25.2. The maximum atomic E-state index is 14.0. The van der Waals surface area contributed by atoms with Crippen molar-refractivity contribution in [1.29, 1.82) is 0 Å². The minimum Gasteiger partial charge on any atom is -0.490 e. The quantitative estimate of drug-likeness (QED) is 0.921. The molecule has 1 N–H and O–H groups in total. The molecular weight excluding hydrogens is 275 g/mol. The molecule has 1 heterocycles. The van der Waals surface area contributed by atoms with Crippen LogP contribution in [0.25, 0.3) is 0 Å². The highest BCUT2D eigenvalue weighted by atomic mass is 19.1. The van der Waals surface area contributed by atoms with E-state index in [1.165, 1.54) is 6.92 Å². The van der Waals surface area contributed by atoms with Gasteiger partial charge in [0, 0.05) is 11.8 Å². The average Bonchev–Trinajstić information content (AvgIpc) is 2.59. The third kappa shape index (κ3) is 3.46. The minimum absolute atomic E-state index is 0.0770. The second-order valence-electron chi connectivity index (χ2n) is 6.01. The van der Waals surface area contributed by atoms with Crippen LogP contribution in [0.15, 0.2) is 12.1 Å². The number of fused-ring (bicyclic) bond motifs is 1. The first-order valence-corrected chi connectivity index (χ1v) is 7.11. The van der Waals surface area contributed by atoms with Gasteiger partial charge in [-0.25, -0.2) is 4.39 Å². The van der Waals surface area contributed by atoms with E-state index in [9.17, 15) is 9.18 Å². The number of carboxylic acids is 1. The molecule has 0 saturated heterocycles. The predicted molar refractivity (Wildman–Crippen MR) is 76.9 cm³/mol. The molecule has 21 heavy (non-hydrogen) atoms. The lowest BCUT2D eigenvalue weighted by Crippen LogP contribution is -2.23. The smallest absolute Gasteiger partial charge is 0.304 e. The van der Waals surface area contributed by atoms with E-state index >= 15 is 0 Å². The lowest BCUT2D eigenvalue weighted by Gasteiger charge is -2.28. The molecule has 0 amide bonds. The van der Waals surface area contributed by atoms with E-state index < -0.39 is 17.6 Å². The van der Waals surface area contributed by atoms with Crippen molar-refractivity contribution in [3.63, 3.8) is 0 Å². The summed E-state index contributed by atoms with van der Waals surface area (Å²) in [5, 5.41) is 9.07. The molecule has 1 aromatic carbocycles. The highest BCUT2D eigenvalue weighted by Gasteiger charge is 2.30. The van der Waals surface area contributed by atoms with Gasteiger partial charge >= 0.3 is 5.97 Å². The normalized spacial score (nSPS) is 16.2. The van der Waals surface area contributed by atoms with Gasteiger partial charge in [-0.15, -0.1) is 0 Å². The summed E-state index contributed by atoms with van der Waals surface area (Å²) in [7, 11) is 0. The van der Waals surface area contributed by atoms with Gasteiger partial charge in [0.15, 0.2) is 11.5 Å². The van der Waals surface area contributed by atoms with Crippen LogP contribution < -0.4 is 9.47 Å². The Balaban J connectivity index is 2.52. The Bertz CT molecular complexity index is 537. The largest absolute Gasteiger partial charge is 0.490 e. The van der Waals surface area contributed by atoms with Crippen LogP contribution in [0.2, 0.25) is 0 Å². The Hall–Kier alpha value is -1.78. The molecule has 0 radical (unpaired) electrons. The van der Waals surface area contributed by atoms with E-state index in [-0.39, 0.29) is 6.42 Å². The molecule has 1 aliphatic rings. The lowest BCUT2D eigenvalue weighted by atomic mass is 9.78. The van der Waals surface area contributed by atoms with Gasteiger partial charge in [-0.3, -0.25) is 4.79 Å². The zero-order chi connectivity index (χ0) is 15.6. The van der Waals surface area contributed by atoms with Crippen molar-refractivity contribution in [1.82, 2.24) is 0 Å². The molecule has 4 nitrogen and oxygen atoms in total. The summed E-state index contributed by atoms with van der Waals surface area (Å²) in [5.74, 6) is 0.178. The van der Waals surface area contributed by atoms with Gasteiger partial charge < -0.3 is 14.6 Å². The Kier molecular flexibility index (Phi) is 4.40. The maximum absolute atomic E-state index is 14.0. The number of aliphatic carboxylic acids is 1. The van der Waals surface area contributed by atoms with Gasteiger partial charge in [0.25, 0.3) is 0 Å². The number of alkyl halides is 1.